The van der Waals surface area contributed by atoms with Crippen LogP contribution in [0, 0.1) is 5.92 Å². The summed E-state index contributed by atoms with van der Waals surface area (Å²) < 4.78 is 5.26. The van der Waals surface area contributed by atoms with Gasteiger partial charge in [-0.25, -0.2) is 0 Å². The summed E-state index contributed by atoms with van der Waals surface area (Å²) in [6.45, 7) is 6.55. The molecule has 0 amide bonds. The molecule has 0 heterocycles. The molecular weight excluding hydrogens is 172 g/mol. The van der Waals surface area contributed by atoms with Crippen molar-refractivity contribution in [2.75, 3.05) is 7.11 Å². The lowest BCUT2D eigenvalue weighted by molar-refractivity contribution is 0.119. The highest BCUT2D eigenvalue weighted by molar-refractivity contribution is 5.24. The molecule has 0 spiro atoms. The Morgan fingerprint density at radius 3 is 2.07 bits per heavy atom. The molecule has 0 saturated heterocycles. The van der Waals surface area contributed by atoms with Gasteiger partial charge in [-0.2, -0.15) is 0 Å². The maximum atomic E-state index is 5.26. The van der Waals surface area contributed by atoms with Crippen LogP contribution in [0.4, 0.5) is 0 Å². The second-order valence-corrected chi connectivity index (χ2v) is 4.22. The Morgan fingerprint density at radius 2 is 1.64 bits per heavy atom. The fourth-order valence-electron chi connectivity index (χ4n) is 1.53. The zero-order valence-corrected chi connectivity index (χ0v) is 9.58. The molecule has 1 heteroatoms. The van der Waals surface area contributed by atoms with E-state index < -0.39 is 0 Å². The maximum Gasteiger partial charge on any atom is 0.0793 e. The van der Waals surface area contributed by atoms with Crippen molar-refractivity contribution in [2.45, 2.75) is 33.3 Å². The van der Waals surface area contributed by atoms with Crippen LogP contribution in [-0.2, 0) is 11.2 Å². The van der Waals surface area contributed by atoms with Crippen LogP contribution in [0.1, 0.15) is 38.0 Å². The van der Waals surface area contributed by atoms with Crippen molar-refractivity contribution in [3.8, 4) is 0 Å². The molecule has 0 aliphatic heterocycles. The van der Waals surface area contributed by atoms with Crippen LogP contribution in [0.5, 0.6) is 0 Å². The quantitative estimate of drug-likeness (QED) is 0.708. The monoisotopic (exact) mass is 192 g/mol. The van der Waals surface area contributed by atoms with Gasteiger partial charge in [0, 0.05) is 7.11 Å². The van der Waals surface area contributed by atoms with Crippen molar-refractivity contribution >= 4 is 0 Å². The fraction of sp³-hybridized carbons (Fsp3) is 0.538. The minimum atomic E-state index is 0.197. The molecule has 0 unspecified atom stereocenters. The molecule has 0 aromatic heterocycles. The van der Waals surface area contributed by atoms with Gasteiger partial charge < -0.3 is 4.74 Å². The van der Waals surface area contributed by atoms with E-state index in [1.807, 2.05) is 0 Å². The molecule has 1 aromatic carbocycles. The highest BCUT2D eigenvalue weighted by atomic mass is 16.5. The number of ether oxygens (including phenoxy) is 1. The molecule has 78 valence electrons. The van der Waals surface area contributed by atoms with Crippen LogP contribution in [-0.4, -0.2) is 7.11 Å². The fourth-order valence-corrected chi connectivity index (χ4v) is 1.53. The van der Waals surface area contributed by atoms with Gasteiger partial charge in [0.2, 0.25) is 0 Å². The second kappa shape index (κ2) is 5.16. The smallest absolute Gasteiger partial charge is 0.0793 e. The summed E-state index contributed by atoms with van der Waals surface area (Å²) >= 11 is 0. The lowest BCUT2D eigenvalue weighted by atomic mass is 10.0. The third-order valence-electron chi connectivity index (χ3n) is 2.45. The summed E-state index contributed by atoms with van der Waals surface area (Å²) in [6, 6.07) is 8.72. The van der Waals surface area contributed by atoms with E-state index in [1.165, 1.54) is 11.1 Å². The number of rotatable bonds is 4. The SMILES string of the molecule is CO[C@@H](C)c1ccc(CC(C)C)cc1. The first kappa shape index (κ1) is 11.3. The van der Waals surface area contributed by atoms with Crippen molar-refractivity contribution in [2.24, 2.45) is 5.92 Å². The molecule has 0 fully saturated rings. The standard InChI is InChI=1S/C13H20O/c1-10(2)9-12-5-7-13(8-6-12)11(3)14-4/h5-8,10-11H,9H2,1-4H3/t11-/m0/s1. The van der Waals surface area contributed by atoms with E-state index in [4.69, 9.17) is 4.74 Å². The zero-order valence-electron chi connectivity index (χ0n) is 9.58. The van der Waals surface area contributed by atoms with Gasteiger partial charge in [-0.05, 0) is 30.4 Å². The summed E-state index contributed by atoms with van der Waals surface area (Å²) in [5.41, 5.74) is 2.66. The summed E-state index contributed by atoms with van der Waals surface area (Å²) in [5.74, 6) is 0.723. The van der Waals surface area contributed by atoms with E-state index in [2.05, 4.69) is 45.0 Å². The van der Waals surface area contributed by atoms with Gasteiger partial charge in [0.15, 0.2) is 0 Å². The number of methoxy groups -OCH3 is 1. The van der Waals surface area contributed by atoms with Gasteiger partial charge in [0.05, 0.1) is 6.10 Å². The van der Waals surface area contributed by atoms with E-state index in [9.17, 15) is 0 Å². The van der Waals surface area contributed by atoms with Crippen molar-refractivity contribution < 1.29 is 4.74 Å². The largest absolute Gasteiger partial charge is 0.377 e. The third kappa shape index (κ3) is 3.15. The van der Waals surface area contributed by atoms with E-state index >= 15 is 0 Å². The minimum absolute atomic E-state index is 0.197. The van der Waals surface area contributed by atoms with E-state index in [0.29, 0.717) is 0 Å². The molecule has 0 aliphatic rings. The molecular formula is C13H20O. The first-order valence-electron chi connectivity index (χ1n) is 5.25. The Bertz CT molecular complexity index is 261. The molecule has 1 atom stereocenters. The molecule has 0 radical (unpaired) electrons. The Morgan fingerprint density at radius 1 is 1.07 bits per heavy atom. The zero-order chi connectivity index (χ0) is 10.6. The summed E-state index contributed by atoms with van der Waals surface area (Å²) in [7, 11) is 1.74. The van der Waals surface area contributed by atoms with Gasteiger partial charge in [0.25, 0.3) is 0 Å². The Balaban J connectivity index is 2.68. The Labute approximate surface area is 87.1 Å². The summed E-state index contributed by atoms with van der Waals surface area (Å²) in [5, 5.41) is 0. The highest BCUT2D eigenvalue weighted by Crippen LogP contribution is 2.17. The molecule has 14 heavy (non-hydrogen) atoms. The van der Waals surface area contributed by atoms with Crippen LogP contribution >= 0.6 is 0 Å². The molecule has 1 aromatic rings. The van der Waals surface area contributed by atoms with Crippen LogP contribution in [0.25, 0.3) is 0 Å². The van der Waals surface area contributed by atoms with Crippen LogP contribution < -0.4 is 0 Å². The van der Waals surface area contributed by atoms with Crippen molar-refractivity contribution in [1.29, 1.82) is 0 Å². The second-order valence-electron chi connectivity index (χ2n) is 4.22. The van der Waals surface area contributed by atoms with Crippen LogP contribution in [0.3, 0.4) is 0 Å². The molecule has 0 aliphatic carbocycles. The molecule has 1 rings (SSSR count). The average Bonchev–Trinajstić information content (AvgIpc) is 2.17. The highest BCUT2D eigenvalue weighted by Gasteiger charge is 2.03. The average molecular weight is 192 g/mol. The number of benzene rings is 1. The minimum Gasteiger partial charge on any atom is -0.377 e. The maximum absolute atomic E-state index is 5.26. The Hall–Kier alpha value is -0.820. The molecule has 0 bridgehead atoms. The summed E-state index contributed by atoms with van der Waals surface area (Å²) in [6.07, 6.45) is 1.35. The predicted molar refractivity (Wildman–Crippen MR) is 60.4 cm³/mol. The Kier molecular flexibility index (Phi) is 4.15. The molecule has 0 saturated carbocycles. The lowest BCUT2D eigenvalue weighted by Crippen LogP contribution is -1.97. The first-order valence-corrected chi connectivity index (χ1v) is 5.25. The van der Waals surface area contributed by atoms with E-state index in [-0.39, 0.29) is 6.10 Å². The van der Waals surface area contributed by atoms with Gasteiger partial charge in [-0.3, -0.25) is 0 Å². The van der Waals surface area contributed by atoms with Crippen molar-refractivity contribution in [1.82, 2.24) is 0 Å². The van der Waals surface area contributed by atoms with Gasteiger partial charge >= 0.3 is 0 Å². The van der Waals surface area contributed by atoms with Gasteiger partial charge in [-0.1, -0.05) is 38.1 Å². The first-order chi connectivity index (χ1) is 6.63. The van der Waals surface area contributed by atoms with Crippen LogP contribution in [0.2, 0.25) is 0 Å². The lowest BCUT2D eigenvalue weighted by Gasteiger charge is -2.11. The predicted octanol–water partition coefficient (Wildman–Crippen LogP) is 3.59. The summed E-state index contributed by atoms with van der Waals surface area (Å²) in [4.78, 5) is 0. The normalized spacial score (nSPS) is 13.2. The topological polar surface area (TPSA) is 9.23 Å². The van der Waals surface area contributed by atoms with E-state index in [0.717, 1.165) is 12.3 Å². The third-order valence-corrected chi connectivity index (χ3v) is 2.45. The molecule has 1 nitrogen and oxygen atoms in total. The van der Waals surface area contributed by atoms with Gasteiger partial charge in [-0.15, -0.1) is 0 Å². The van der Waals surface area contributed by atoms with Gasteiger partial charge in [0.1, 0.15) is 0 Å². The van der Waals surface area contributed by atoms with Crippen molar-refractivity contribution in [3.05, 3.63) is 35.4 Å². The molecule has 0 N–H and O–H groups in total. The number of hydrogen-bond donors (Lipinski definition) is 0. The van der Waals surface area contributed by atoms with Crippen LogP contribution in [0.15, 0.2) is 24.3 Å². The van der Waals surface area contributed by atoms with Crippen molar-refractivity contribution in [3.63, 3.8) is 0 Å². The van der Waals surface area contributed by atoms with E-state index in [1.54, 1.807) is 7.11 Å². The number of hydrogen-bond acceptors (Lipinski definition) is 1.